The fourth-order valence-electron chi connectivity index (χ4n) is 4.64. The van der Waals surface area contributed by atoms with Crippen molar-refractivity contribution < 1.29 is 31.9 Å². The van der Waals surface area contributed by atoms with Gasteiger partial charge in [0.15, 0.2) is 0 Å². The highest BCUT2D eigenvalue weighted by molar-refractivity contribution is 6.40. The van der Waals surface area contributed by atoms with Crippen molar-refractivity contribution in [3.8, 4) is 0 Å². The second-order valence-corrected chi connectivity index (χ2v) is 10.1. The number of carbonyl (C=O) groups excluding carboxylic acids is 3. The van der Waals surface area contributed by atoms with Crippen molar-refractivity contribution in [2.24, 2.45) is 5.10 Å². The molecule has 1 aromatic carbocycles. The van der Waals surface area contributed by atoms with E-state index in [4.69, 9.17) is 11.6 Å². The van der Waals surface area contributed by atoms with Gasteiger partial charge >= 0.3 is 6.18 Å². The summed E-state index contributed by atoms with van der Waals surface area (Å²) in [5.41, 5.74) is -0.764. The first-order valence-corrected chi connectivity index (χ1v) is 12.8. The topological polar surface area (TPSA) is 98.2 Å². The van der Waals surface area contributed by atoms with E-state index < -0.39 is 35.4 Å². The molecule has 4 rings (SSSR count). The van der Waals surface area contributed by atoms with Gasteiger partial charge in [0.05, 0.1) is 10.6 Å². The fraction of sp³-hybridized carbons (Fsp3) is 0.423. The van der Waals surface area contributed by atoms with E-state index in [1.807, 2.05) is 0 Å². The summed E-state index contributed by atoms with van der Waals surface area (Å²) in [5, 5.41) is 7.90. The van der Waals surface area contributed by atoms with E-state index in [0.29, 0.717) is 25.9 Å². The normalized spacial score (nSPS) is 18.0. The number of halogens is 5. The number of alkyl halides is 3. The Hall–Kier alpha value is -3.74. The number of nitrogens with zero attached hydrogens (tertiary/aromatic N) is 5. The van der Waals surface area contributed by atoms with Gasteiger partial charge < -0.3 is 15.1 Å². The predicted octanol–water partition coefficient (Wildman–Crippen LogP) is 3.93. The highest BCUT2D eigenvalue weighted by atomic mass is 35.5. The number of hydrogen-bond donors (Lipinski definition) is 1. The summed E-state index contributed by atoms with van der Waals surface area (Å²) in [5.74, 6) is -2.20. The first-order valence-electron chi connectivity index (χ1n) is 12.5. The number of hydrogen-bond acceptors (Lipinski definition) is 6. The molecule has 0 spiro atoms. The molecule has 1 fully saturated rings. The molecule has 2 aliphatic rings. The summed E-state index contributed by atoms with van der Waals surface area (Å²) >= 11 is 5.87. The Morgan fingerprint density at radius 1 is 1.12 bits per heavy atom. The highest BCUT2D eigenvalue weighted by Crippen LogP contribution is 2.34. The van der Waals surface area contributed by atoms with Gasteiger partial charge in [-0.05, 0) is 50.1 Å². The minimum atomic E-state index is -4.68. The van der Waals surface area contributed by atoms with Crippen LogP contribution in [0.4, 0.5) is 29.1 Å². The van der Waals surface area contributed by atoms with Crippen LogP contribution in [0.2, 0.25) is 5.02 Å². The van der Waals surface area contributed by atoms with Crippen LogP contribution in [-0.4, -0.2) is 65.5 Å². The number of aryl methyl sites for hydroxylation is 1. The van der Waals surface area contributed by atoms with Gasteiger partial charge in [-0.2, -0.15) is 18.3 Å². The maximum absolute atomic E-state index is 13.7. The number of likely N-dealkylation sites (tertiary alicyclic amines) is 1. The van der Waals surface area contributed by atoms with Crippen molar-refractivity contribution in [3.63, 3.8) is 0 Å². The third-order valence-corrected chi connectivity index (χ3v) is 7.15. The van der Waals surface area contributed by atoms with E-state index in [-0.39, 0.29) is 46.3 Å². The zero-order valence-electron chi connectivity index (χ0n) is 21.9. The summed E-state index contributed by atoms with van der Waals surface area (Å²) in [6.07, 6.45) is -3.85. The second kappa shape index (κ2) is 11.4. The van der Waals surface area contributed by atoms with E-state index in [1.54, 1.807) is 4.90 Å². The van der Waals surface area contributed by atoms with Gasteiger partial charge in [-0.25, -0.2) is 14.4 Å². The standard InChI is InChI=1S/C26H27ClF4N6O3/c1-14-10-16(26(29,30)31)11-23(32-14)37-22(25(40)35(3)18-4-5-20(28)19(27)12-18)13-21(34-37)24(39)33-17-6-8-36(9-7-17)15(2)38/h4-5,10-12,17,22H,6-9,13H2,1-3H3,(H,33,39). The summed E-state index contributed by atoms with van der Waals surface area (Å²) < 4.78 is 54.4. The zero-order chi connectivity index (χ0) is 29.4. The lowest BCUT2D eigenvalue weighted by atomic mass is 10.0. The first kappa shape index (κ1) is 29.2. The quantitative estimate of drug-likeness (QED) is 0.539. The number of likely N-dealkylation sites (N-methyl/N-ethyl adjacent to an activating group) is 1. The van der Waals surface area contributed by atoms with E-state index in [0.717, 1.165) is 28.1 Å². The van der Waals surface area contributed by atoms with Crippen LogP contribution < -0.4 is 15.2 Å². The van der Waals surface area contributed by atoms with Crippen LogP contribution >= 0.6 is 11.6 Å². The number of carbonyl (C=O) groups is 3. The molecule has 0 saturated carbocycles. The molecule has 1 N–H and O–H groups in total. The summed E-state index contributed by atoms with van der Waals surface area (Å²) in [6.45, 7) is 3.79. The number of amides is 3. The third-order valence-electron chi connectivity index (χ3n) is 6.86. The number of aromatic nitrogens is 1. The molecule has 1 unspecified atom stereocenters. The van der Waals surface area contributed by atoms with Crippen LogP contribution in [0, 0.1) is 12.7 Å². The molecule has 40 heavy (non-hydrogen) atoms. The number of piperidine rings is 1. The molecule has 2 aromatic rings. The lowest BCUT2D eigenvalue weighted by Crippen LogP contribution is -2.48. The Bertz CT molecular complexity index is 1360. The molecule has 1 atom stereocenters. The lowest BCUT2D eigenvalue weighted by Gasteiger charge is -2.31. The summed E-state index contributed by atoms with van der Waals surface area (Å²) in [7, 11) is 1.40. The van der Waals surface area contributed by atoms with Crippen molar-refractivity contribution in [1.29, 1.82) is 0 Å². The highest BCUT2D eigenvalue weighted by Gasteiger charge is 2.40. The lowest BCUT2D eigenvalue weighted by molar-refractivity contribution is -0.137. The Balaban J connectivity index is 1.63. The zero-order valence-corrected chi connectivity index (χ0v) is 22.7. The predicted molar refractivity (Wildman–Crippen MR) is 141 cm³/mol. The number of nitrogens with one attached hydrogen (secondary N) is 1. The van der Waals surface area contributed by atoms with E-state index in [2.05, 4.69) is 15.4 Å². The molecule has 2 aliphatic heterocycles. The van der Waals surface area contributed by atoms with Gasteiger partial charge in [0.2, 0.25) is 5.91 Å². The second-order valence-electron chi connectivity index (χ2n) is 9.71. The Morgan fingerprint density at radius 2 is 1.80 bits per heavy atom. The first-order chi connectivity index (χ1) is 18.7. The van der Waals surface area contributed by atoms with Gasteiger partial charge in [0.25, 0.3) is 11.8 Å². The molecular weight excluding hydrogens is 556 g/mol. The molecule has 3 amide bonds. The molecule has 0 radical (unpaired) electrons. The molecular formula is C26H27ClF4N6O3. The maximum atomic E-state index is 13.7. The minimum Gasteiger partial charge on any atom is -0.348 e. The van der Waals surface area contributed by atoms with Crippen molar-refractivity contribution in [3.05, 3.63) is 52.4 Å². The van der Waals surface area contributed by atoms with Gasteiger partial charge in [-0.15, -0.1) is 0 Å². The van der Waals surface area contributed by atoms with E-state index >= 15 is 0 Å². The molecule has 0 aliphatic carbocycles. The number of pyridine rings is 1. The molecule has 214 valence electrons. The minimum absolute atomic E-state index is 0.0417. The van der Waals surface area contributed by atoms with Crippen molar-refractivity contribution in [2.75, 3.05) is 30.0 Å². The summed E-state index contributed by atoms with van der Waals surface area (Å²) in [6, 6.07) is 3.82. The smallest absolute Gasteiger partial charge is 0.348 e. The Labute approximate surface area is 232 Å². The van der Waals surface area contributed by atoms with Crippen molar-refractivity contribution in [2.45, 2.75) is 51.4 Å². The molecule has 3 heterocycles. The van der Waals surface area contributed by atoms with Gasteiger partial charge in [-0.1, -0.05) is 11.6 Å². The van der Waals surface area contributed by atoms with Crippen molar-refractivity contribution in [1.82, 2.24) is 15.2 Å². The third kappa shape index (κ3) is 6.35. The van der Waals surface area contributed by atoms with Gasteiger partial charge in [0, 0.05) is 50.9 Å². The monoisotopic (exact) mass is 582 g/mol. The SMILES string of the molecule is CC(=O)N1CCC(NC(=O)C2=NN(c3cc(C(F)(F)F)cc(C)n3)C(C(=O)N(C)c3ccc(F)c(Cl)c3)C2)CC1. The number of benzene rings is 1. The van der Waals surface area contributed by atoms with E-state index in [9.17, 15) is 31.9 Å². The van der Waals surface area contributed by atoms with Crippen LogP contribution in [-0.2, 0) is 20.6 Å². The van der Waals surface area contributed by atoms with Crippen LogP contribution in [0.5, 0.6) is 0 Å². The van der Waals surface area contributed by atoms with Crippen LogP contribution in [0.15, 0.2) is 35.4 Å². The maximum Gasteiger partial charge on any atom is 0.416 e. The van der Waals surface area contributed by atoms with Crippen molar-refractivity contribution >= 4 is 46.5 Å². The number of anilines is 2. The summed E-state index contributed by atoms with van der Waals surface area (Å²) in [4.78, 5) is 45.3. The molecule has 0 bridgehead atoms. The number of hydrazone groups is 1. The average molecular weight is 583 g/mol. The molecule has 1 aromatic heterocycles. The Morgan fingerprint density at radius 3 is 2.40 bits per heavy atom. The number of rotatable bonds is 5. The molecule has 14 heteroatoms. The van der Waals surface area contributed by atoms with E-state index in [1.165, 1.54) is 33.0 Å². The van der Waals surface area contributed by atoms with Crippen LogP contribution in [0.1, 0.15) is 37.4 Å². The van der Waals surface area contributed by atoms with Gasteiger partial charge in [0.1, 0.15) is 23.4 Å². The fourth-order valence-corrected chi connectivity index (χ4v) is 4.81. The largest absolute Gasteiger partial charge is 0.416 e. The molecule has 1 saturated heterocycles. The van der Waals surface area contributed by atoms with Crippen LogP contribution in [0.3, 0.4) is 0 Å². The van der Waals surface area contributed by atoms with Crippen LogP contribution in [0.25, 0.3) is 0 Å². The molecule has 9 nitrogen and oxygen atoms in total. The Kier molecular flexibility index (Phi) is 8.33. The average Bonchev–Trinajstić information content (AvgIpc) is 3.35. The van der Waals surface area contributed by atoms with Gasteiger partial charge in [-0.3, -0.25) is 14.4 Å².